The summed E-state index contributed by atoms with van der Waals surface area (Å²) in [5.41, 5.74) is 3.40. The first-order valence-corrected chi connectivity index (χ1v) is 20.7. The Morgan fingerprint density at radius 3 is 2.57 bits per heavy atom. The SMILES string of the molecule is COC[C@@H]1[C@@H](C)CCC[C@H](C2OCC(N(C)C)CO2)[C@@H]2CC[C@H]2CN2C[C@@]3(CCCc4cc(Cl)ccc43)COc3ccc(cc32)C(=O)NS1(=O)=O. The van der Waals surface area contributed by atoms with Crippen molar-refractivity contribution in [3.63, 3.8) is 0 Å². The summed E-state index contributed by atoms with van der Waals surface area (Å²) in [4.78, 5) is 18.3. The van der Waals surface area contributed by atoms with E-state index in [-0.39, 0.29) is 41.8 Å². The maximum atomic E-state index is 13.8. The Bertz CT molecular complexity index is 1680. The Balaban J connectivity index is 1.27. The number of ether oxygens (including phenoxy) is 4. The fourth-order valence-electron chi connectivity index (χ4n) is 9.38. The number of likely N-dealkylation sites (N-methyl/N-ethyl adjacent to an activating group) is 1. The normalized spacial score (nSPS) is 34.0. The molecule has 5 aliphatic rings. The Kier molecular flexibility index (Phi) is 11.0. The van der Waals surface area contributed by atoms with Gasteiger partial charge < -0.3 is 28.7 Å². The van der Waals surface area contributed by atoms with E-state index in [4.69, 9.17) is 30.5 Å². The van der Waals surface area contributed by atoms with Crippen LogP contribution < -0.4 is 14.4 Å². The molecular weight excluding hydrogens is 690 g/mol. The maximum Gasteiger partial charge on any atom is 0.264 e. The van der Waals surface area contributed by atoms with Gasteiger partial charge in [0.15, 0.2) is 6.29 Å². The monoisotopic (exact) mass is 743 g/mol. The molecule has 1 saturated heterocycles. The summed E-state index contributed by atoms with van der Waals surface area (Å²) in [6, 6.07) is 11.8. The summed E-state index contributed by atoms with van der Waals surface area (Å²) in [6.45, 7) is 5.22. The van der Waals surface area contributed by atoms with Gasteiger partial charge in [-0.3, -0.25) is 4.79 Å². The second kappa shape index (κ2) is 15.1. The minimum absolute atomic E-state index is 0.000741. The summed E-state index contributed by atoms with van der Waals surface area (Å²) in [6.07, 6.45) is 7.26. The molecule has 0 radical (unpaired) electrons. The van der Waals surface area contributed by atoms with Crippen molar-refractivity contribution in [1.82, 2.24) is 9.62 Å². The number of nitrogens with zero attached hydrogens (tertiary/aromatic N) is 2. The number of methoxy groups -OCH3 is 1. The van der Waals surface area contributed by atoms with Gasteiger partial charge in [-0.1, -0.05) is 31.0 Å². The fraction of sp³-hybridized carbons (Fsp3) is 0.667. The van der Waals surface area contributed by atoms with Crippen LogP contribution in [-0.2, 0) is 36.1 Å². The number of nitrogens with one attached hydrogen (secondary N) is 1. The molecule has 2 bridgehead atoms. The molecule has 280 valence electrons. The number of benzene rings is 2. The lowest BCUT2D eigenvalue weighted by atomic mass is 9.64. The number of fused-ring (bicyclic) bond motifs is 4. The van der Waals surface area contributed by atoms with Gasteiger partial charge in [0.2, 0.25) is 10.0 Å². The van der Waals surface area contributed by atoms with Gasteiger partial charge in [-0.25, -0.2) is 13.1 Å². The predicted molar refractivity (Wildman–Crippen MR) is 198 cm³/mol. The summed E-state index contributed by atoms with van der Waals surface area (Å²) >= 11 is 6.48. The van der Waals surface area contributed by atoms with E-state index in [1.807, 2.05) is 25.1 Å². The highest BCUT2D eigenvalue weighted by Gasteiger charge is 2.47. The largest absolute Gasteiger partial charge is 0.490 e. The van der Waals surface area contributed by atoms with Gasteiger partial charge in [-0.2, -0.15) is 0 Å². The summed E-state index contributed by atoms with van der Waals surface area (Å²) in [7, 11) is 1.56. The Hall–Kier alpha value is -2.41. The Morgan fingerprint density at radius 2 is 1.84 bits per heavy atom. The van der Waals surface area contributed by atoms with E-state index in [1.165, 1.54) is 18.2 Å². The molecule has 2 aromatic rings. The fourth-order valence-corrected chi connectivity index (χ4v) is 11.2. The predicted octanol–water partition coefficient (Wildman–Crippen LogP) is 5.65. The molecular formula is C39H54ClN3O7S. The molecule has 1 amide bonds. The average molecular weight is 744 g/mol. The highest BCUT2D eigenvalue weighted by atomic mass is 35.5. The van der Waals surface area contributed by atoms with Crippen LogP contribution in [0, 0.1) is 23.7 Å². The smallest absolute Gasteiger partial charge is 0.264 e. The van der Waals surface area contributed by atoms with E-state index in [0.29, 0.717) is 43.8 Å². The van der Waals surface area contributed by atoms with E-state index in [9.17, 15) is 13.2 Å². The molecule has 2 aromatic carbocycles. The van der Waals surface area contributed by atoms with Crippen LogP contribution in [0.15, 0.2) is 36.4 Å². The van der Waals surface area contributed by atoms with E-state index in [2.05, 4.69) is 40.7 Å². The highest BCUT2D eigenvalue weighted by Crippen LogP contribution is 2.49. The van der Waals surface area contributed by atoms with Gasteiger partial charge in [0.05, 0.1) is 38.2 Å². The van der Waals surface area contributed by atoms with Crippen molar-refractivity contribution in [2.24, 2.45) is 23.7 Å². The number of carbonyl (C=O) groups is 1. The topological polar surface area (TPSA) is 107 Å². The quantitative estimate of drug-likeness (QED) is 0.425. The van der Waals surface area contributed by atoms with Crippen LogP contribution in [0.2, 0.25) is 5.02 Å². The molecule has 6 atom stereocenters. The zero-order valence-electron chi connectivity index (χ0n) is 30.4. The van der Waals surface area contributed by atoms with Crippen LogP contribution in [0.1, 0.15) is 73.4 Å². The van der Waals surface area contributed by atoms with Crippen molar-refractivity contribution in [1.29, 1.82) is 0 Å². The number of carbonyl (C=O) groups excluding carboxylic acids is 1. The van der Waals surface area contributed by atoms with Crippen LogP contribution >= 0.6 is 11.6 Å². The van der Waals surface area contributed by atoms with Gasteiger partial charge in [-0.15, -0.1) is 0 Å². The summed E-state index contributed by atoms with van der Waals surface area (Å²) < 4.78 is 55.1. The molecule has 1 N–H and O–H groups in total. The first kappa shape index (κ1) is 36.9. The number of hydrogen-bond acceptors (Lipinski definition) is 9. The number of halogens is 1. The lowest BCUT2D eigenvalue weighted by Crippen LogP contribution is -2.52. The number of sulfonamides is 1. The first-order valence-electron chi connectivity index (χ1n) is 18.7. The van der Waals surface area contributed by atoms with Crippen molar-refractivity contribution in [3.05, 3.63) is 58.1 Å². The third kappa shape index (κ3) is 7.53. The van der Waals surface area contributed by atoms with Crippen molar-refractivity contribution >= 4 is 33.2 Å². The van der Waals surface area contributed by atoms with Crippen LogP contribution in [0.3, 0.4) is 0 Å². The molecule has 12 heteroatoms. The van der Waals surface area contributed by atoms with Crippen LogP contribution in [0.5, 0.6) is 5.75 Å². The molecule has 0 aromatic heterocycles. The lowest BCUT2D eigenvalue weighted by molar-refractivity contribution is -0.240. The Labute approximate surface area is 308 Å². The second-order valence-corrected chi connectivity index (χ2v) is 18.3. The average Bonchev–Trinajstić information content (AvgIpc) is 3.24. The number of hydrogen-bond donors (Lipinski definition) is 1. The summed E-state index contributed by atoms with van der Waals surface area (Å²) in [5.74, 6) is 0.812. The van der Waals surface area contributed by atoms with E-state index >= 15 is 0 Å². The molecule has 2 aliphatic carbocycles. The molecule has 3 aliphatic heterocycles. The maximum absolute atomic E-state index is 13.8. The molecule has 10 nitrogen and oxygen atoms in total. The van der Waals surface area contributed by atoms with E-state index in [1.54, 1.807) is 6.07 Å². The zero-order chi connectivity index (χ0) is 35.9. The number of anilines is 1. The zero-order valence-corrected chi connectivity index (χ0v) is 32.0. The van der Waals surface area contributed by atoms with Crippen LogP contribution in [-0.4, -0.2) is 97.5 Å². The lowest BCUT2D eigenvalue weighted by Gasteiger charge is -2.49. The third-order valence-corrected chi connectivity index (χ3v) is 14.7. The van der Waals surface area contributed by atoms with Gasteiger partial charge in [0, 0.05) is 42.1 Å². The van der Waals surface area contributed by atoms with Crippen molar-refractivity contribution < 1.29 is 32.2 Å². The minimum atomic E-state index is -4.05. The van der Waals surface area contributed by atoms with Crippen molar-refractivity contribution in [2.45, 2.75) is 81.3 Å². The minimum Gasteiger partial charge on any atom is -0.490 e. The molecule has 7 rings (SSSR count). The van der Waals surface area contributed by atoms with Gasteiger partial charge in [0.1, 0.15) is 11.0 Å². The third-order valence-electron chi connectivity index (χ3n) is 12.6. The number of rotatable bonds is 4. The van der Waals surface area contributed by atoms with Gasteiger partial charge in [-0.05, 0) is 118 Å². The molecule has 0 unspecified atom stereocenters. The first-order chi connectivity index (χ1) is 24.5. The van der Waals surface area contributed by atoms with E-state index < -0.39 is 21.2 Å². The molecule has 1 saturated carbocycles. The van der Waals surface area contributed by atoms with Crippen LogP contribution in [0.25, 0.3) is 0 Å². The van der Waals surface area contributed by atoms with Crippen LogP contribution in [0.4, 0.5) is 5.69 Å². The standard InChI is InChI=1S/C39H54ClN3O7S/c1-25-7-5-9-32(38-48-20-30(21-49-38)42(2)3)31-13-10-28(31)19-43-23-39(16-6-8-26-17-29(40)12-14-33(26)39)24-50-35-15-11-27(18-34(35)43)37(44)41-51(45,46)36(25)22-47-4/h11-12,14-15,17-18,25,28,30-32,36,38H,5-10,13,16,19-24H2,1-4H3,(H,41,44)/t25-,28-,30?,31+,32-,36+,38?,39-/m0/s1. The Morgan fingerprint density at radius 1 is 1.04 bits per heavy atom. The summed E-state index contributed by atoms with van der Waals surface area (Å²) in [5, 5.41) is -0.133. The molecule has 1 spiro atoms. The number of amides is 1. The molecule has 2 fully saturated rings. The molecule has 3 heterocycles. The molecule has 51 heavy (non-hydrogen) atoms. The number of aryl methyl sites for hydroxylation is 1. The van der Waals surface area contributed by atoms with Crippen molar-refractivity contribution in [2.75, 3.05) is 65.6 Å². The van der Waals surface area contributed by atoms with E-state index in [0.717, 1.165) is 68.7 Å². The highest BCUT2D eigenvalue weighted by molar-refractivity contribution is 7.90. The second-order valence-electron chi connectivity index (χ2n) is 16.0. The van der Waals surface area contributed by atoms with Crippen molar-refractivity contribution in [3.8, 4) is 5.75 Å². The van der Waals surface area contributed by atoms with Gasteiger partial charge in [0.25, 0.3) is 5.91 Å². The van der Waals surface area contributed by atoms with Gasteiger partial charge >= 0.3 is 0 Å².